The van der Waals surface area contributed by atoms with Crippen LogP contribution in [-0.4, -0.2) is 109 Å². The summed E-state index contributed by atoms with van der Waals surface area (Å²) in [7, 11) is 1.91. The summed E-state index contributed by atoms with van der Waals surface area (Å²) < 4.78 is 16.1. The Kier molecular flexibility index (Phi) is 6.87. The molecule has 2 heterocycles. The number of likely N-dealkylation sites (N-methyl/N-ethyl adjacent to an activating group) is 1. The smallest absolute Gasteiger partial charge is 0.345 e. The van der Waals surface area contributed by atoms with Crippen molar-refractivity contribution in [1.29, 1.82) is 0 Å². The van der Waals surface area contributed by atoms with Crippen LogP contribution >= 0.6 is 0 Å². The summed E-state index contributed by atoms with van der Waals surface area (Å²) in [6.07, 6.45) is -6.94. The standard InChI is InChI=1S/C26H29NO13/c1-27-7-6-25-17-11-2-3-12(10-28)20(17)40-21(25)13(4-5-26(25,37)15(27)8-11)38-23(35)18(31)19(32)24(36)39-14(22(33)34)9-16(29)30/h2-4,14-15,18-19,21,28,31-32,37H,5-10H2,1H3,(H,29,30)(H,33,34)/t14-,15-,18-,19-,21+,25+,26-/m1/s1. The molecule has 1 spiro atoms. The number of likely N-dealkylation sites (tertiary alicyclic amines) is 1. The Balaban J connectivity index is 1.41. The average molecular weight is 564 g/mol. The van der Waals surface area contributed by atoms with E-state index in [1.807, 2.05) is 13.1 Å². The molecule has 5 rings (SSSR count). The molecule has 4 aliphatic rings. The van der Waals surface area contributed by atoms with Crippen molar-refractivity contribution >= 4 is 23.9 Å². The Morgan fingerprint density at radius 2 is 1.85 bits per heavy atom. The lowest BCUT2D eigenvalue weighted by molar-refractivity contribution is -0.184. The fourth-order valence-corrected chi connectivity index (χ4v) is 6.61. The Labute approximate surface area is 227 Å². The van der Waals surface area contributed by atoms with Crippen LogP contribution in [-0.2, 0) is 47.1 Å². The van der Waals surface area contributed by atoms with Crippen LogP contribution in [0.2, 0.25) is 0 Å². The number of carbonyl (C=O) groups is 4. The summed E-state index contributed by atoms with van der Waals surface area (Å²) in [5.41, 5.74) is -0.210. The van der Waals surface area contributed by atoms with Crippen LogP contribution in [0.3, 0.4) is 0 Å². The largest absolute Gasteiger partial charge is 0.481 e. The number of carboxylic acids is 2. The fourth-order valence-electron chi connectivity index (χ4n) is 6.61. The highest BCUT2D eigenvalue weighted by Gasteiger charge is 2.72. The minimum atomic E-state index is -2.58. The number of piperidine rings is 1. The van der Waals surface area contributed by atoms with Crippen LogP contribution in [0.15, 0.2) is 24.0 Å². The van der Waals surface area contributed by atoms with Gasteiger partial charge < -0.3 is 49.7 Å². The molecule has 2 aliphatic carbocycles. The molecule has 2 aliphatic heterocycles. The van der Waals surface area contributed by atoms with E-state index in [9.17, 15) is 39.6 Å². The van der Waals surface area contributed by atoms with E-state index >= 15 is 0 Å². The molecule has 0 unspecified atom stereocenters. The molecule has 1 aromatic carbocycles. The Bertz CT molecular complexity index is 1310. The highest BCUT2D eigenvalue weighted by atomic mass is 16.6. The van der Waals surface area contributed by atoms with E-state index in [-0.39, 0.29) is 24.8 Å². The van der Waals surface area contributed by atoms with Crippen molar-refractivity contribution in [3.8, 4) is 5.75 Å². The minimum Gasteiger partial charge on any atom is -0.481 e. The van der Waals surface area contributed by atoms with Crippen LogP contribution in [0.5, 0.6) is 5.75 Å². The molecule has 216 valence electrons. The van der Waals surface area contributed by atoms with Gasteiger partial charge in [0.15, 0.2) is 18.3 Å². The number of carboxylic acid groups (broad SMARTS) is 2. The normalized spacial score (nSPS) is 30.2. The maximum atomic E-state index is 12.8. The fraction of sp³-hybridized carbons (Fsp3) is 0.538. The lowest BCUT2D eigenvalue weighted by Gasteiger charge is -2.61. The summed E-state index contributed by atoms with van der Waals surface area (Å²) in [5, 5.41) is 60.4. The molecular weight excluding hydrogens is 534 g/mol. The number of aliphatic hydroxyl groups excluding tert-OH is 3. The monoisotopic (exact) mass is 563 g/mol. The van der Waals surface area contributed by atoms with Crippen LogP contribution in [0.4, 0.5) is 0 Å². The van der Waals surface area contributed by atoms with E-state index in [0.717, 1.165) is 11.1 Å². The first kappa shape index (κ1) is 28.0. The van der Waals surface area contributed by atoms with Gasteiger partial charge in [-0.25, -0.2) is 14.4 Å². The van der Waals surface area contributed by atoms with Crippen molar-refractivity contribution in [2.24, 2.45) is 0 Å². The molecule has 6 N–H and O–H groups in total. The van der Waals surface area contributed by atoms with Gasteiger partial charge >= 0.3 is 23.9 Å². The molecule has 0 aromatic heterocycles. The quantitative estimate of drug-likeness (QED) is 0.182. The number of hydrogen-bond donors (Lipinski definition) is 6. The number of benzene rings is 1. The summed E-state index contributed by atoms with van der Waals surface area (Å²) in [5.74, 6) is -6.30. The van der Waals surface area contributed by atoms with Gasteiger partial charge in [-0.05, 0) is 38.1 Å². The summed E-state index contributed by atoms with van der Waals surface area (Å²) in [6, 6.07) is 3.33. The summed E-state index contributed by atoms with van der Waals surface area (Å²) in [6.45, 7) is 0.253. The third kappa shape index (κ3) is 3.97. The van der Waals surface area contributed by atoms with E-state index in [0.29, 0.717) is 30.7 Å². The van der Waals surface area contributed by atoms with Crippen LogP contribution in [0.1, 0.15) is 36.0 Å². The highest BCUT2D eigenvalue weighted by molar-refractivity contribution is 5.88. The second kappa shape index (κ2) is 9.82. The summed E-state index contributed by atoms with van der Waals surface area (Å²) in [4.78, 5) is 49.1. The van der Waals surface area contributed by atoms with Crippen molar-refractivity contribution in [3.63, 3.8) is 0 Å². The van der Waals surface area contributed by atoms with Gasteiger partial charge in [0.05, 0.1) is 24.0 Å². The molecule has 2 bridgehead atoms. The molecule has 7 atom stereocenters. The van der Waals surface area contributed by atoms with Gasteiger partial charge in [0.2, 0.25) is 6.10 Å². The molecule has 1 aromatic rings. The van der Waals surface area contributed by atoms with Crippen molar-refractivity contribution < 1.29 is 64.0 Å². The highest BCUT2D eigenvalue weighted by Crippen LogP contribution is 2.64. The lowest BCUT2D eigenvalue weighted by atomic mass is 9.50. The van der Waals surface area contributed by atoms with Gasteiger partial charge in [0.1, 0.15) is 11.5 Å². The Morgan fingerprint density at radius 3 is 2.50 bits per heavy atom. The number of hydrogen-bond acceptors (Lipinski definition) is 12. The van der Waals surface area contributed by atoms with E-state index in [1.54, 1.807) is 6.07 Å². The zero-order valence-electron chi connectivity index (χ0n) is 21.3. The number of aliphatic carboxylic acids is 2. The molecule has 14 nitrogen and oxygen atoms in total. The maximum absolute atomic E-state index is 12.8. The Morgan fingerprint density at radius 1 is 1.15 bits per heavy atom. The van der Waals surface area contributed by atoms with Crippen LogP contribution < -0.4 is 4.74 Å². The molecule has 0 amide bonds. The number of esters is 2. The van der Waals surface area contributed by atoms with Gasteiger partial charge in [-0.2, -0.15) is 0 Å². The van der Waals surface area contributed by atoms with Crippen LogP contribution in [0, 0.1) is 0 Å². The van der Waals surface area contributed by atoms with E-state index in [1.165, 1.54) is 6.08 Å². The third-order valence-corrected chi connectivity index (χ3v) is 8.52. The SMILES string of the molecule is CN1CC[C@]23c4c5ccc(CO)c4O[C@H]2C(OC(=O)[C@H](O)[C@@H](O)C(=O)O[C@H](CC(=O)O)C(=O)O)=CC[C@@]3(O)[C@H]1C5. The summed E-state index contributed by atoms with van der Waals surface area (Å²) >= 11 is 0. The zero-order valence-corrected chi connectivity index (χ0v) is 21.3. The van der Waals surface area contributed by atoms with Gasteiger partial charge in [0, 0.05) is 23.6 Å². The predicted molar refractivity (Wildman–Crippen MR) is 129 cm³/mol. The van der Waals surface area contributed by atoms with Crippen LogP contribution in [0.25, 0.3) is 0 Å². The number of carbonyl (C=O) groups excluding carboxylic acids is 2. The zero-order chi connectivity index (χ0) is 29.1. The number of nitrogens with zero attached hydrogens (tertiary/aromatic N) is 1. The topological polar surface area (TPSA) is 221 Å². The maximum Gasteiger partial charge on any atom is 0.345 e. The van der Waals surface area contributed by atoms with Gasteiger partial charge in [-0.1, -0.05) is 12.1 Å². The van der Waals surface area contributed by atoms with Crippen molar-refractivity contribution in [2.75, 3.05) is 13.6 Å². The van der Waals surface area contributed by atoms with E-state index < -0.39 is 65.7 Å². The van der Waals surface area contributed by atoms with Gasteiger partial charge in [0.25, 0.3) is 0 Å². The molecule has 1 saturated heterocycles. The molecule has 14 heteroatoms. The van der Waals surface area contributed by atoms with E-state index in [2.05, 4.69) is 9.64 Å². The molecular formula is C26H29NO13. The molecule has 0 saturated carbocycles. The Hall–Kier alpha value is -3.56. The van der Waals surface area contributed by atoms with Gasteiger partial charge in [-0.3, -0.25) is 4.79 Å². The first-order chi connectivity index (χ1) is 18.9. The van der Waals surface area contributed by atoms with Crippen molar-refractivity contribution in [3.05, 3.63) is 40.7 Å². The first-order valence-corrected chi connectivity index (χ1v) is 12.6. The average Bonchev–Trinajstić information content (AvgIpc) is 3.26. The predicted octanol–water partition coefficient (Wildman–Crippen LogP) is -1.81. The molecule has 1 fully saturated rings. The first-order valence-electron chi connectivity index (χ1n) is 12.6. The van der Waals surface area contributed by atoms with Gasteiger partial charge in [-0.15, -0.1) is 0 Å². The second-order valence-electron chi connectivity index (χ2n) is 10.6. The lowest BCUT2D eigenvalue weighted by Crippen LogP contribution is -2.74. The van der Waals surface area contributed by atoms with Crippen molar-refractivity contribution in [1.82, 2.24) is 4.90 Å². The number of rotatable bonds is 9. The van der Waals surface area contributed by atoms with E-state index in [4.69, 9.17) is 19.7 Å². The number of aliphatic hydroxyl groups is 4. The third-order valence-electron chi connectivity index (χ3n) is 8.52. The second-order valence-corrected chi connectivity index (χ2v) is 10.6. The number of ether oxygens (including phenoxy) is 3. The van der Waals surface area contributed by atoms with Crippen molar-refractivity contribution in [2.45, 2.75) is 73.8 Å². The molecule has 0 radical (unpaired) electrons. The molecule has 40 heavy (non-hydrogen) atoms. The minimum absolute atomic E-state index is 0.0584.